The summed E-state index contributed by atoms with van der Waals surface area (Å²) >= 11 is 0. The number of aliphatic hydroxyl groups excluding tert-OH is 8. The molecule has 5 rings (SSSR count). The Labute approximate surface area is 369 Å². The van der Waals surface area contributed by atoms with Crippen LogP contribution in [0.25, 0.3) is 0 Å². The lowest BCUT2D eigenvalue weighted by Crippen LogP contribution is -2.67. The number of hydrogen-bond donors (Lipinski definition) is 8. The molecule has 0 aliphatic carbocycles. The highest BCUT2D eigenvalue weighted by atomic mass is 16.8. The van der Waals surface area contributed by atoms with Crippen molar-refractivity contribution in [3.63, 3.8) is 0 Å². The summed E-state index contributed by atoms with van der Waals surface area (Å²) in [4.78, 5) is 26.8. The second kappa shape index (κ2) is 24.9. The van der Waals surface area contributed by atoms with E-state index in [0.717, 1.165) is 57.8 Å². The third-order valence-electron chi connectivity index (χ3n) is 12.7. The van der Waals surface area contributed by atoms with Gasteiger partial charge in [0.2, 0.25) is 0 Å². The third kappa shape index (κ3) is 13.5. The van der Waals surface area contributed by atoms with Crippen molar-refractivity contribution in [1.82, 2.24) is 0 Å². The van der Waals surface area contributed by atoms with Crippen LogP contribution in [-0.2, 0) is 57.0 Å². The van der Waals surface area contributed by atoms with Crippen LogP contribution in [0.1, 0.15) is 125 Å². The third-order valence-corrected chi connectivity index (χ3v) is 12.7. The fourth-order valence-electron chi connectivity index (χ4n) is 8.75. The van der Waals surface area contributed by atoms with E-state index in [1.807, 2.05) is 0 Å². The normalized spacial score (nSPS) is 45.3. The van der Waals surface area contributed by atoms with Gasteiger partial charge >= 0.3 is 11.9 Å². The van der Waals surface area contributed by atoms with Gasteiger partial charge in [-0.15, -0.1) is 0 Å². The average molecular weight is 911 g/mol. The minimum absolute atomic E-state index is 0.0169. The molecule has 0 amide bonds. The number of carbonyl (C=O) groups is 2. The molecule has 5 heterocycles. The van der Waals surface area contributed by atoms with Gasteiger partial charge in [-0.2, -0.15) is 0 Å². The monoisotopic (exact) mass is 910 g/mol. The number of hydrogen-bond acceptors (Lipinski definition) is 20. The van der Waals surface area contributed by atoms with E-state index in [9.17, 15) is 50.4 Å². The predicted octanol–water partition coefficient (Wildman–Crippen LogP) is 0.344. The summed E-state index contributed by atoms with van der Waals surface area (Å²) in [6.45, 7) is 7.38. The van der Waals surface area contributed by atoms with Gasteiger partial charge in [-0.1, -0.05) is 71.6 Å². The summed E-state index contributed by atoms with van der Waals surface area (Å²) in [5.41, 5.74) is 0. The molecule has 2 bridgehead atoms. The lowest BCUT2D eigenvalue weighted by atomic mass is 9.95. The zero-order valence-corrected chi connectivity index (χ0v) is 37.2. The number of fused-ring (bicyclic) bond motifs is 4. The summed E-state index contributed by atoms with van der Waals surface area (Å²) in [7, 11) is 0. The summed E-state index contributed by atoms with van der Waals surface area (Å²) in [6, 6.07) is 0. The first-order chi connectivity index (χ1) is 30.1. The SMILES string of the molecule is CCCCC[C@@H]1CCCCCCCCCC(=O)O[C@@H]2[C@@H](O[C@@H]3O[C@H](C)[C@@H](O)[C@H](O)[C@H]3O)[C@H](C)O[C@@H](O[C@H]3[C@H](O[C@H]4[C@H](O1)O[C@H](C)[C@@H](O)[C@@H]4O)O[C@H](CO)[C@@H](O)[C@@H]3O)[C@@H]2OC(=O)CC. The van der Waals surface area contributed by atoms with E-state index in [4.69, 9.17) is 47.4 Å². The van der Waals surface area contributed by atoms with Crippen molar-refractivity contribution >= 4 is 11.9 Å². The van der Waals surface area contributed by atoms with Crippen LogP contribution in [0.4, 0.5) is 0 Å². The Kier molecular flexibility index (Phi) is 20.7. The first-order valence-corrected chi connectivity index (χ1v) is 23.1. The molecule has 366 valence electrons. The zero-order chi connectivity index (χ0) is 46.0. The maximum Gasteiger partial charge on any atom is 0.306 e. The van der Waals surface area contributed by atoms with E-state index < -0.39 is 141 Å². The molecule has 0 aromatic carbocycles. The standard InChI is InChI=1S/C43H74O20/c1-6-8-14-17-24-18-15-12-10-9-11-13-16-19-27(46)60-38-35(61-40-34(53)31(50)28(47)21(3)54-40)23(5)56-43(39(38)59-26(45)7-2)63-37-33(52)30(49)25(20-44)58-42(37)62-36-32(51)29(48)22(4)55-41(36)57-24/h21-25,28-44,47-53H,6-20H2,1-5H3/t21-,22-,23+,24-,25-,28-,29-,30-,31+,32+,33+,34-,35+,36-,37-,38-,39-,40+,41+,42+,43+/m1/s1. The van der Waals surface area contributed by atoms with Crippen LogP contribution in [0, 0.1) is 0 Å². The van der Waals surface area contributed by atoms with Crippen molar-refractivity contribution in [3.05, 3.63) is 0 Å². The minimum atomic E-state index is -1.89. The van der Waals surface area contributed by atoms with Crippen molar-refractivity contribution in [2.24, 2.45) is 0 Å². The van der Waals surface area contributed by atoms with Gasteiger partial charge in [-0.05, 0) is 40.0 Å². The van der Waals surface area contributed by atoms with Gasteiger partial charge in [0.15, 0.2) is 37.4 Å². The Hall–Kier alpha value is -1.70. The summed E-state index contributed by atoms with van der Waals surface area (Å²) in [5, 5.41) is 87.4. The highest BCUT2D eigenvalue weighted by Gasteiger charge is 2.57. The van der Waals surface area contributed by atoms with Crippen LogP contribution in [0.3, 0.4) is 0 Å². The van der Waals surface area contributed by atoms with Gasteiger partial charge in [0.25, 0.3) is 0 Å². The van der Waals surface area contributed by atoms with Crippen molar-refractivity contribution in [2.45, 2.75) is 253 Å². The lowest BCUT2D eigenvalue weighted by molar-refractivity contribution is -0.399. The maximum absolute atomic E-state index is 13.7. The second-order valence-corrected chi connectivity index (χ2v) is 17.6. The van der Waals surface area contributed by atoms with Crippen LogP contribution in [0.2, 0.25) is 0 Å². The van der Waals surface area contributed by atoms with Crippen molar-refractivity contribution in [2.75, 3.05) is 6.61 Å². The van der Waals surface area contributed by atoms with Crippen LogP contribution in [-0.4, -0.2) is 188 Å². The van der Waals surface area contributed by atoms with E-state index in [1.165, 1.54) is 20.8 Å². The van der Waals surface area contributed by atoms with Gasteiger partial charge in [-0.25, -0.2) is 0 Å². The van der Waals surface area contributed by atoms with E-state index in [2.05, 4.69) is 6.92 Å². The maximum atomic E-state index is 13.7. The molecule has 21 atom stereocenters. The molecule has 5 aliphatic heterocycles. The number of aliphatic hydroxyl groups is 8. The largest absolute Gasteiger partial charge is 0.455 e. The molecule has 5 aliphatic rings. The molecule has 0 saturated carbocycles. The van der Waals surface area contributed by atoms with Gasteiger partial charge in [0.1, 0.15) is 67.1 Å². The van der Waals surface area contributed by atoms with E-state index in [0.29, 0.717) is 19.3 Å². The van der Waals surface area contributed by atoms with Gasteiger partial charge in [0, 0.05) is 12.8 Å². The molecule has 5 saturated heterocycles. The Morgan fingerprint density at radius 2 is 1.19 bits per heavy atom. The quantitative estimate of drug-likeness (QED) is 0.114. The zero-order valence-electron chi connectivity index (χ0n) is 37.2. The Morgan fingerprint density at radius 3 is 1.86 bits per heavy atom. The Balaban J connectivity index is 1.53. The molecule has 0 unspecified atom stereocenters. The lowest BCUT2D eigenvalue weighted by Gasteiger charge is -2.50. The van der Waals surface area contributed by atoms with Crippen LogP contribution in [0.5, 0.6) is 0 Å². The van der Waals surface area contributed by atoms with Crippen LogP contribution >= 0.6 is 0 Å². The van der Waals surface area contributed by atoms with Crippen molar-refractivity contribution in [3.8, 4) is 0 Å². The highest BCUT2D eigenvalue weighted by Crippen LogP contribution is 2.37. The molecular weight excluding hydrogens is 836 g/mol. The summed E-state index contributed by atoms with van der Waals surface area (Å²) in [6.07, 6.45) is -20.7. The topological polar surface area (TPSA) is 288 Å². The van der Waals surface area contributed by atoms with E-state index >= 15 is 0 Å². The number of unbranched alkanes of at least 4 members (excludes halogenated alkanes) is 2. The average Bonchev–Trinajstić information content (AvgIpc) is 3.25. The first-order valence-electron chi connectivity index (χ1n) is 23.1. The molecule has 0 aromatic heterocycles. The molecule has 5 fully saturated rings. The number of ether oxygens (including phenoxy) is 10. The number of esters is 2. The molecule has 0 spiro atoms. The second-order valence-electron chi connectivity index (χ2n) is 17.6. The molecule has 20 nitrogen and oxygen atoms in total. The molecule has 0 radical (unpaired) electrons. The van der Waals surface area contributed by atoms with Gasteiger partial charge in [0.05, 0.1) is 31.0 Å². The van der Waals surface area contributed by atoms with Crippen molar-refractivity contribution < 1.29 is 97.8 Å². The highest BCUT2D eigenvalue weighted by molar-refractivity contribution is 5.70. The predicted molar refractivity (Wildman–Crippen MR) is 216 cm³/mol. The van der Waals surface area contributed by atoms with Gasteiger partial charge in [-0.3, -0.25) is 9.59 Å². The smallest absolute Gasteiger partial charge is 0.306 e. The van der Waals surface area contributed by atoms with E-state index in [1.54, 1.807) is 6.92 Å². The fourth-order valence-corrected chi connectivity index (χ4v) is 8.75. The summed E-state index contributed by atoms with van der Waals surface area (Å²) in [5.74, 6) is -1.47. The molecule has 20 heteroatoms. The minimum Gasteiger partial charge on any atom is -0.455 e. The Bertz CT molecular complexity index is 1380. The summed E-state index contributed by atoms with van der Waals surface area (Å²) < 4.78 is 61.5. The number of carbonyl (C=O) groups excluding carboxylic acids is 2. The fraction of sp³-hybridized carbons (Fsp3) is 0.953. The first kappa shape index (κ1) is 52.3. The van der Waals surface area contributed by atoms with Crippen LogP contribution in [0.15, 0.2) is 0 Å². The Morgan fingerprint density at radius 1 is 0.603 bits per heavy atom. The molecule has 8 N–H and O–H groups in total. The van der Waals surface area contributed by atoms with Gasteiger partial charge < -0.3 is 88.2 Å². The molecule has 63 heavy (non-hydrogen) atoms. The number of rotatable bonds is 9. The van der Waals surface area contributed by atoms with Crippen LogP contribution < -0.4 is 0 Å². The van der Waals surface area contributed by atoms with Crippen molar-refractivity contribution in [1.29, 1.82) is 0 Å². The molecular formula is C43H74O20. The molecule has 0 aromatic rings. The van der Waals surface area contributed by atoms with E-state index in [-0.39, 0.29) is 18.9 Å².